The number of thioether (sulfide) groups is 1. The number of amides is 1. The van der Waals surface area contributed by atoms with Gasteiger partial charge in [-0.2, -0.15) is 13.2 Å². The van der Waals surface area contributed by atoms with E-state index in [2.05, 4.69) is 20.5 Å². The second kappa shape index (κ2) is 7.78. The van der Waals surface area contributed by atoms with Crippen LogP contribution in [0.4, 0.5) is 18.9 Å². The number of benzene rings is 1. The maximum atomic E-state index is 12.5. The molecule has 0 atom stereocenters. The first-order valence-corrected chi connectivity index (χ1v) is 8.66. The normalized spacial score (nSPS) is 11.4. The lowest BCUT2D eigenvalue weighted by molar-refractivity contribution is -0.137. The molecule has 2 heterocycles. The molecule has 1 amide bonds. The van der Waals surface area contributed by atoms with Gasteiger partial charge in [-0.05, 0) is 36.8 Å². The van der Waals surface area contributed by atoms with Crippen molar-refractivity contribution in [2.45, 2.75) is 18.3 Å². The van der Waals surface area contributed by atoms with Gasteiger partial charge in [-0.3, -0.25) is 9.78 Å². The van der Waals surface area contributed by atoms with Gasteiger partial charge >= 0.3 is 6.18 Å². The molecule has 10 heteroatoms. The van der Waals surface area contributed by atoms with Gasteiger partial charge in [-0.25, -0.2) is 0 Å². The molecule has 0 radical (unpaired) electrons. The summed E-state index contributed by atoms with van der Waals surface area (Å²) in [5.74, 6) is -0.237. The zero-order chi connectivity index (χ0) is 19.4. The van der Waals surface area contributed by atoms with Crippen LogP contribution >= 0.6 is 11.8 Å². The number of aryl methyl sites for hydroxylation is 1. The third kappa shape index (κ3) is 5.07. The van der Waals surface area contributed by atoms with E-state index in [9.17, 15) is 18.0 Å². The van der Waals surface area contributed by atoms with Crippen molar-refractivity contribution in [3.8, 4) is 11.6 Å². The van der Waals surface area contributed by atoms with Crippen molar-refractivity contribution >= 4 is 23.4 Å². The van der Waals surface area contributed by atoms with Crippen LogP contribution in [-0.2, 0) is 11.0 Å². The van der Waals surface area contributed by atoms with Crippen LogP contribution in [-0.4, -0.2) is 26.8 Å². The number of hydrogen-bond donors (Lipinski definition) is 1. The molecule has 0 bridgehead atoms. The number of anilines is 1. The Kier molecular flexibility index (Phi) is 5.45. The Bertz CT molecular complexity index is 942. The molecular formula is C17H13F3N4O2S. The van der Waals surface area contributed by atoms with Crippen LogP contribution < -0.4 is 5.32 Å². The lowest BCUT2D eigenvalue weighted by atomic mass is 10.2. The fourth-order valence-corrected chi connectivity index (χ4v) is 2.67. The highest BCUT2D eigenvalue weighted by Gasteiger charge is 2.30. The average Bonchev–Trinajstić information content (AvgIpc) is 3.08. The van der Waals surface area contributed by atoms with Crippen molar-refractivity contribution in [1.29, 1.82) is 0 Å². The van der Waals surface area contributed by atoms with Crippen LogP contribution in [0.5, 0.6) is 0 Å². The Hall–Kier alpha value is -2.88. The molecule has 0 aliphatic carbocycles. The molecular weight excluding hydrogens is 381 g/mol. The van der Waals surface area contributed by atoms with Crippen molar-refractivity contribution in [2.24, 2.45) is 0 Å². The molecule has 0 spiro atoms. The minimum Gasteiger partial charge on any atom is -0.410 e. The summed E-state index contributed by atoms with van der Waals surface area (Å²) in [6.07, 6.45) is -3.77. The van der Waals surface area contributed by atoms with Gasteiger partial charge in [-0.1, -0.05) is 23.9 Å². The molecule has 0 aliphatic heterocycles. The van der Waals surface area contributed by atoms with Gasteiger partial charge in [-0.15, -0.1) is 10.2 Å². The molecule has 0 saturated heterocycles. The van der Waals surface area contributed by atoms with E-state index in [1.807, 2.05) is 25.1 Å². The van der Waals surface area contributed by atoms with Gasteiger partial charge in [0.2, 0.25) is 5.91 Å². The molecule has 27 heavy (non-hydrogen) atoms. The smallest absolute Gasteiger partial charge is 0.410 e. The van der Waals surface area contributed by atoms with Crippen LogP contribution in [0.25, 0.3) is 11.6 Å². The van der Waals surface area contributed by atoms with Crippen molar-refractivity contribution in [3.63, 3.8) is 0 Å². The van der Waals surface area contributed by atoms with E-state index < -0.39 is 11.7 Å². The van der Waals surface area contributed by atoms with Crippen molar-refractivity contribution in [3.05, 3.63) is 53.7 Å². The molecule has 0 aliphatic rings. The summed E-state index contributed by atoms with van der Waals surface area (Å²) in [7, 11) is 0. The summed E-state index contributed by atoms with van der Waals surface area (Å²) >= 11 is 1.01. The first-order valence-electron chi connectivity index (χ1n) is 7.68. The highest BCUT2D eigenvalue weighted by atomic mass is 32.2. The van der Waals surface area contributed by atoms with E-state index in [1.54, 1.807) is 6.07 Å². The molecule has 3 rings (SSSR count). The Morgan fingerprint density at radius 2 is 2.04 bits per heavy atom. The number of rotatable bonds is 5. The average molecular weight is 394 g/mol. The van der Waals surface area contributed by atoms with Gasteiger partial charge in [0.25, 0.3) is 11.1 Å². The van der Waals surface area contributed by atoms with Gasteiger partial charge < -0.3 is 9.73 Å². The summed E-state index contributed by atoms with van der Waals surface area (Å²) in [6, 6.07) is 9.39. The van der Waals surface area contributed by atoms with Crippen molar-refractivity contribution in [1.82, 2.24) is 15.2 Å². The van der Waals surface area contributed by atoms with Gasteiger partial charge in [0.05, 0.1) is 11.3 Å². The summed E-state index contributed by atoms with van der Waals surface area (Å²) in [6.45, 7) is 1.92. The first kappa shape index (κ1) is 18.9. The zero-order valence-electron chi connectivity index (χ0n) is 13.9. The number of aromatic nitrogens is 3. The highest BCUT2D eigenvalue weighted by Crippen LogP contribution is 2.30. The summed E-state index contributed by atoms with van der Waals surface area (Å²) in [4.78, 5) is 15.6. The maximum Gasteiger partial charge on any atom is 0.417 e. The number of nitrogens with zero attached hydrogens (tertiary/aromatic N) is 3. The Labute approximate surface area is 156 Å². The molecule has 3 aromatic rings. The number of pyridine rings is 1. The SMILES string of the molecule is Cc1cccc(NC(=O)CSc2nnc(-c3ccc(C(F)(F)F)cn3)o2)c1. The fourth-order valence-electron chi connectivity index (χ4n) is 2.11. The lowest BCUT2D eigenvalue weighted by Crippen LogP contribution is -2.13. The molecule has 6 nitrogen and oxygen atoms in total. The highest BCUT2D eigenvalue weighted by molar-refractivity contribution is 7.99. The standard InChI is InChI=1S/C17H13F3N4O2S/c1-10-3-2-4-12(7-10)22-14(25)9-27-16-24-23-15(26-16)13-6-5-11(8-21-13)17(18,19)20/h2-8H,9H2,1H3,(H,22,25). The van der Waals surface area contributed by atoms with E-state index in [1.165, 1.54) is 0 Å². The minimum atomic E-state index is -4.47. The monoisotopic (exact) mass is 394 g/mol. The largest absolute Gasteiger partial charge is 0.417 e. The summed E-state index contributed by atoms with van der Waals surface area (Å²) in [5, 5.41) is 10.4. The van der Waals surface area contributed by atoms with Gasteiger partial charge in [0.1, 0.15) is 5.69 Å². The molecule has 1 aromatic carbocycles. The third-order valence-electron chi connectivity index (χ3n) is 3.34. The van der Waals surface area contributed by atoms with E-state index >= 15 is 0 Å². The molecule has 1 N–H and O–H groups in total. The second-order valence-corrected chi connectivity index (χ2v) is 6.44. The quantitative estimate of drug-likeness (QED) is 0.654. The number of nitrogens with one attached hydrogen (secondary N) is 1. The molecule has 0 fully saturated rings. The van der Waals surface area contributed by atoms with E-state index in [4.69, 9.17) is 4.42 Å². The van der Waals surface area contributed by atoms with Gasteiger partial charge in [0.15, 0.2) is 0 Å². The topological polar surface area (TPSA) is 80.9 Å². The first-order chi connectivity index (χ1) is 12.8. The van der Waals surface area contributed by atoms with Crippen molar-refractivity contribution < 1.29 is 22.4 Å². The minimum absolute atomic E-state index is 0.0229. The molecule has 0 saturated carbocycles. The molecule has 140 valence electrons. The maximum absolute atomic E-state index is 12.5. The fraction of sp³-hybridized carbons (Fsp3) is 0.176. The van der Waals surface area contributed by atoms with Gasteiger partial charge in [0, 0.05) is 11.9 Å². The number of carbonyl (C=O) groups is 1. The van der Waals surface area contributed by atoms with Crippen molar-refractivity contribution in [2.75, 3.05) is 11.1 Å². The van der Waals surface area contributed by atoms with Crippen LogP contribution in [0.3, 0.4) is 0 Å². The predicted octanol–water partition coefficient (Wildman–Crippen LogP) is 4.19. The van der Waals surface area contributed by atoms with Crippen LogP contribution in [0.1, 0.15) is 11.1 Å². The third-order valence-corrected chi connectivity index (χ3v) is 4.16. The van der Waals surface area contributed by atoms with Crippen LogP contribution in [0, 0.1) is 6.92 Å². The molecule has 2 aromatic heterocycles. The number of halogens is 3. The Morgan fingerprint density at radius 3 is 2.70 bits per heavy atom. The van der Waals surface area contributed by atoms with Crippen LogP contribution in [0.2, 0.25) is 0 Å². The van der Waals surface area contributed by atoms with Crippen LogP contribution in [0.15, 0.2) is 52.2 Å². The van der Waals surface area contributed by atoms with E-state index in [0.717, 1.165) is 29.5 Å². The second-order valence-electron chi connectivity index (χ2n) is 5.51. The molecule has 0 unspecified atom stereocenters. The summed E-state index contributed by atoms with van der Waals surface area (Å²) < 4.78 is 43.0. The Balaban J connectivity index is 1.58. The number of hydrogen-bond acceptors (Lipinski definition) is 6. The van der Waals surface area contributed by atoms with E-state index in [-0.39, 0.29) is 28.5 Å². The summed E-state index contributed by atoms with van der Waals surface area (Å²) in [5.41, 5.74) is 0.951. The number of carbonyl (C=O) groups excluding carboxylic acids is 1. The van der Waals surface area contributed by atoms with E-state index in [0.29, 0.717) is 11.9 Å². The number of alkyl halides is 3. The predicted molar refractivity (Wildman–Crippen MR) is 93.1 cm³/mol. The lowest BCUT2D eigenvalue weighted by Gasteiger charge is -2.05. The Morgan fingerprint density at radius 1 is 1.22 bits per heavy atom. The zero-order valence-corrected chi connectivity index (χ0v) is 14.8.